The molecule has 2 amide bonds. The molecule has 0 unspecified atom stereocenters. The molecule has 0 saturated carbocycles. The van der Waals surface area contributed by atoms with Crippen LogP contribution in [0, 0.1) is 0 Å². The number of aliphatic imine (C=N–C) groups is 1. The Labute approximate surface area is 148 Å². The van der Waals surface area contributed by atoms with E-state index in [4.69, 9.17) is 11.5 Å². The topological polar surface area (TPSA) is 93.5 Å². The number of hydrogen-bond acceptors (Lipinski definition) is 2. The fraction of sp³-hybridized carbons (Fsp3) is 0.200. The molecule has 5 N–H and O–H groups in total. The fourth-order valence-corrected chi connectivity index (χ4v) is 2.40. The molecule has 0 aromatic heterocycles. The molecular weight excluding hydrogens is 312 g/mol. The molecule has 130 valence electrons. The molecule has 2 aromatic carbocycles. The van der Waals surface area contributed by atoms with Crippen LogP contribution in [0.3, 0.4) is 0 Å². The Kier molecular flexibility index (Phi) is 6.77. The third kappa shape index (κ3) is 5.49. The molecule has 0 fully saturated rings. The second kappa shape index (κ2) is 9.27. The Hall–Kier alpha value is -3.08. The van der Waals surface area contributed by atoms with Crippen LogP contribution < -0.4 is 16.8 Å². The highest BCUT2D eigenvalue weighted by Gasteiger charge is 2.08. The van der Waals surface area contributed by atoms with Crippen molar-refractivity contribution in [2.24, 2.45) is 16.5 Å². The van der Waals surface area contributed by atoms with Crippen molar-refractivity contribution in [1.29, 1.82) is 0 Å². The molecular formula is C20H24N4O. The zero-order chi connectivity index (χ0) is 18.1. The van der Waals surface area contributed by atoms with Gasteiger partial charge in [0.1, 0.15) is 5.84 Å². The lowest BCUT2D eigenvalue weighted by Crippen LogP contribution is -2.19. The standard InChI is InChI=1S/C20H24N4O/c1-2-3-7-15-10-12-17(13-11-15)23-20(25)24-19(22)18(14-21)16-8-5-4-6-9-16/h4-6,8-14H,2-3,7,21H2,1H3,(H3,22,23,24,25)/b18-14-. The highest BCUT2D eigenvalue weighted by atomic mass is 16.2. The molecule has 0 saturated heterocycles. The molecule has 0 heterocycles. The van der Waals surface area contributed by atoms with Crippen molar-refractivity contribution in [3.63, 3.8) is 0 Å². The van der Waals surface area contributed by atoms with Gasteiger partial charge in [-0.3, -0.25) is 0 Å². The van der Waals surface area contributed by atoms with Crippen LogP contribution in [0.1, 0.15) is 30.9 Å². The third-order valence-electron chi connectivity index (χ3n) is 3.77. The van der Waals surface area contributed by atoms with Crippen LogP contribution >= 0.6 is 0 Å². The first-order chi connectivity index (χ1) is 12.1. The van der Waals surface area contributed by atoms with Crippen molar-refractivity contribution in [2.45, 2.75) is 26.2 Å². The van der Waals surface area contributed by atoms with E-state index in [1.807, 2.05) is 54.6 Å². The number of hydrogen-bond donors (Lipinski definition) is 3. The number of urea groups is 1. The zero-order valence-electron chi connectivity index (χ0n) is 14.4. The second-order valence-electron chi connectivity index (χ2n) is 5.67. The number of carbonyl (C=O) groups excluding carboxylic acids is 1. The van der Waals surface area contributed by atoms with E-state index in [2.05, 4.69) is 17.2 Å². The van der Waals surface area contributed by atoms with Crippen LogP contribution in [0.4, 0.5) is 10.5 Å². The van der Waals surface area contributed by atoms with E-state index in [0.717, 1.165) is 24.8 Å². The third-order valence-corrected chi connectivity index (χ3v) is 3.77. The van der Waals surface area contributed by atoms with E-state index in [1.54, 1.807) is 0 Å². The number of carbonyl (C=O) groups is 1. The quantitative estimate of drug-likeness (QED) is 0.551. The Morgan fingerprint density at radius 2 is 1.80 bits per heavy atom. The number of aryl methyl sites for hydroxylation is 1. The summed E-state index contributed by atoms with van der Waals surface area (Å²) in [6.07, 6.45) is 4.70. The van der Waals surface area contributed by atoms with Gasteiger partial charge in [-0.05, 0) is 36.1 Å². The molecule has 0 bridgehead atoms. The van der Waals surface area contributed by atoms with E-state index in [-0.39, 0.29) is 5.84 Å². The lowest BCUT2D eigenvalue weighted by atomic mass is 10.1. The predicted molar refractivity (Wildman–Crippen MR) is 104 cm³/mol. The molecule has 0 aliphatic heterocycles. The molecule has 2 rings (SSSR count). The molecule has 0 aliphatic carbocycles. The first-order valence-electron chi connectivity index (χ1n) is 8.35. The second-order valence-corrected chi connectivity index (χ2v) is 5.67. The van der Waals surface area contributed by atoms with Gasteiger partial charge in [0.2, 0.25) is 0 Å². The van der Waals surface area contributed by atoms with E-state index in [9.17, 15) is 4.79 Å². The summed E-state index contributed by atoms with van der Waals surface area (Å²) in [7, 11) is 0. The summed E-state index contributed by atoms with van der Waals surface area (Å²) in [4.78, 5) is 16.0. The smallest absolute Gasteiger partial charge is 0.347 e. The summed E-state index contributed by atoms with van der Waals surface area (Å²) in [5.74, 6) is 0.0748. The molecule has 0 atom stereocenters. The molecule has 5 nitrogen and oxygen atoms in total. The maximum absolute atomic E-state index is 12.1. The maximum Gasteiger partial charge on any atom is 0.347 e. The number of benzene rings is 2. The van der Waals surface area contributed by atoms with Crippen LogP contribution in [0.5, 0.6) is 0 Å². The van der Waals surface area contributed by atoms with Gasteiger partial charge in [-0.1, -0.05) is 55.8 Å². The van der Waals surface area contributed by atoms with Gasteiger partial charge in [-0.15, -0.1) is 0 Å². The minimum absolute atomic E-state index is 0.0748. The highest BCUT2D eigenvalue weighted by Crippen LogP contribution is 2.14. The summed E-state index contributed by atoms with van der Waals surface area (Å²) >= 11 is 0. The average Bonchev–Trinajstić information content (AvgIpc) is 2.62. The SMILES string of the molecule is CCCCc1ccc(NC(=O)/N=C(N)/C(=C\N)c2ccccc2)cc1. The van der Waals surface area contributed by atoms with Gasteiger partial charge in [-0.2, -0.15) is 4.99 Å². The van der Waals surface area contributed by atoms with Gasteiger partial charge in [0.25, 0.3) is 0 Å². The van der Waals surface area contributed by atoms with Crippen molar-refractivity contribution in [1.82, 2.24) is 0 Å². The maximum atomic E-state index is 12.1. The van der Waals surface area contributed by atoms with Crippen LogP contribution in [0.15, 0.2) is 65.8 Å². The highest BCUT2D eigenvalue weighted by molar-refractivity contribution is 6.24. The summed E-state index contributed by atoms with van der Waals surface area (Å²) < 4.78 is 0. The van der Waals surface area contributed by atoms with Gasteiger partial charge < -0.3 is 16.8 Å². The van der Waals surface area contributed by atoms with E-state index < -0.39 is 6.03 Å². The Morgan fingerprint density at radius 3 is 2.40 bits per heavy atom. The molecule has 0 aliphatic rings. The van der Waals surface area contributed by atoms with E-state index in [1.165, 1.54) is 11.8 Å². The average molecular weight is 336 g/mol. The first-order valence-corrected chi connectivity index (χ1v) is 8.35. The minimum Gasteiger partial charge on any atom is -0.404 e. The summed E-state index contributed by atoms with van der Waals surface area (Å²) in [5.41, 5.74) is 14.8. The Balaban J connectivity index is 2.03. The monoisotopic (exact) mass is 336 g/mol. The molecule has 5 heteroatoms. The van der Waals surface area contributed by atoms with Crippen molar-refractivity contribution >= 4 is 23.1 Å². The van der Waals surface area contributed by atoms with Gasteiger partial charge in [0.15, 0.2) is 0 Å². The molecule has 0 radical (unpaired) electrons. The lowest BCUT2D eigenvalue weighted by molar-refractivity contribution is 0.259. The zero-order valence-corrected chi connectivity index (χ0v) is 14.4. The van der Waals surface area contributed by atoms with Crippen molar-refractivity contribution in [3.8, 4) is 0 Å². The molecule has 0 spiro atoms. The van der Waals surface area contributed by atoms with Crippen molar-refractivity contribution in [3.05, 3.63) is 71.9 Å². The van der Waals surface area contributed by atoms with Crippen LogP contribution in [-0.2, 0) is 6.42 Å². The van der Waals surface area contributed by atoms with Gasteiger partial charge >= 0.3 is 6.03 Å². The number of nitrogens with zero attached hydrogens (tertiary/aromatic N) is 1. The Morgan fingerprint density at radius 1 is 1.12 bits per heavy atom. The number of unbranched alkanes of at least 4 members (excludes halogenated alkanes) is 1. The molecule has 25 heavy (non-hydrogen) atoms. The summed E-state index contributed by atoms with van der Waals surface area (Å²) in [6, 6.07) is 16.6. The number of nitrogens with one attached hydrogen (secondary N) is 1. The van der Waals surface area contributed by atoms with E-state index in [0.29, 0.717) is 11.3 Å². The number of nitrogens with two attached hydrogens (primary N) is 2. The van der Waals surface area contributed by atoms with Gasteiger partial charge in [-0.25, -0.2) is 4.79 Å². The largest absolute Gasteiger partial charge is 0.404 e. The van der Waals surface area contributed by atoms with Crippen LogP contribution in [0.2, 0.25) is 0 Å². The lowest BCUT2D eigenvalue weighted by Gasteiger charge is -2.07. The molecule has 2 aromatic rings. The minimum atomic E-state index is -0.533. The van der Waals surface area contributed by atoms with Crippen molar-refractivity contribution in [2.75, 3.05) is 5.32 Å². The van der Waals surface area contributed by atoms with Gasteiger partial charge in [0, 0.05) is 17.5 Å². The van der Waals surface area contributed by atoms with Crippen molar-refractivity contribution < 1.29 is 4.79 Å². The van der Waals surface area contributed by atoms with E-state index >= 15 is 0 Å². The van der Waals surface area contributed by atoms with Crippen LogP contribution in [0.25, 0.3) is 5.57 Å². The first kappa shape index (κ1) is 18.3. The summed E-state index contributed by atoms with van der Waals surface area (Å²) in [5, 5.41) is 2.71. The number of anilines is 1. The summed E-state index contributed by atoms with van der Waals surface area (Å²) in [6.45, 7) is 2.16. The van der Waals surface area contributed by atoms with Crippen LogP contribution in [-0.4, -0.2) is 11.9 Å². The number of amides is 2. The Bertz CT molecular complexity index is 749. The number of rotatable bonds is 6. The normalized spacial score (nSPS) is 12.0. The fourth-order valence-electron chi connectivity index (χ4n) is 2.40. The van der Waals surface area contributed by atoms with Gasteiger partial charge in [0.05, 0.1) is 0 Å². The predicted octanol–water partition coefficient (Wildman–Crippen LogP) is 3.92. The number of amidine groups is 1.